The third-order valence-electron chi connectivity index (χ3n) is 4.36. The van der Waals surface area contributed by atoms with Gasteiger partial charge in [-0.05, 0) is 61.9 Å². The number of hydrogen-bond donors (Lipinski definition) is 2. The van der Waals surface area contributed by atoms with Gasteiger partial charge < -0.3 is 10.4 Å². The minimum Gasteiger partial charge on any atom is -0.393 e. The lowest BCUT2D eigenvalue weighted by molar-refractivity contribution is 0.108. The van der Waals surface area contributed by atoms with Crippen LogP contribution in [-0.2, 0) is 6.54 Å². The molecule has 4 heteroatoms. The molecule has 1 aromatic carbocycles. The molecule has 1 aromatic heterocycles. The molecule has 0 atom stereocenters. The zero-order chi connectivity index (χ0) is 14.7. The lowest BCUT2D eigenvalue weighted by Gasteiger charge is -2.25. The summed E-state index contributed by atoms with van der Waals surface area (Å²) in [6, 6.07) is 7.92. The second-order valence-electron chi connectivity index (χ2n) is 5.91. The van der Waals surface area contributed by atoms with Crippen LogP contribution >= 0.6 is 11.6 Å². The van der Waals surface area contributed by atoms with E-state index >= 15 is 0 Å². The van der Waals surface area contributed by atoms with Crippen molar-refractivity contribution >= 4 is 22.5 Å². The number of fused-ring (bicyclic) bond motifs is 1. The quantitative estimate of drug-likeness (QED) is 0.908. The molecule has 0 saturated heterocycles. The number of halogens is 1. The first-order valence-corrected chi connectivity index (χ1v) is 8.02. The highest BCUT2D eigenvalue weighted by atomic mass is 35.5. The van der Waals surface area contributed by atoms with Crippen LogP contribution < -0.4 is 5.32 Å². The molecule has 1 fully saturated rings. The predicted octanol–water partition coefficient (Wildman–Crippen LogP) is 3.53. The molecule has 2 aromatic rings. The Kier molecular flexibility index (Phi) is 4.73. The molecule has 3 nitrogen and oxygen atoms in total. The summed E-state index contributed by atoms with van der Waals surface area (Å²) in [7, 11) is 0. The molecule has 0 spiro atoms. The van der Waals surface area contributed by atoms with Gasteiger partial charge in [0.25, 0.3) is 0 Å². The van der Waals surface area contributed by atoms with Gasteiger partial charge >= 0.3 is 0 Å². The number of pyridine rings is 1. The Morgan fingerprint density at radius 3 is 2.81 bits per heavy atom. The molecule has 2 N–H and O–H groups in total. The van der Waals surface area contributed by atoms with Gasteiger partial charge in [-0.25, -0.2) is 0 Å². The zero-order valence-electron chi connectivity index (χ0n) is 12.1. The topological polar surface area (TPSA) is 45.1 Å². The summed E-state index contributed by atoms with van der Waals surface area (Å²) >= 11 is 6.21. The molecule has 1 aliphatic carbocycles. The summed E-state index contributed by atoms with van der Waals surface area (Å²) in [6.07, 6.45) is 5.85. The maximum atomic E-state index is 9.53. The normalized spacial score (nSPS) is 22.6. The van der Waals surface area contributed by atoms with E-state index in [9.17, 15) is 5.11 Å². The summed E-state index contributed by atoms with van der Waals surface area (Å²) < 4.78 is 0. The molecule has 3 rings (SSSR count). The van der Waals surface area contributed by atoms with Crippen molar-refractivity contribution in [2.75, 3.05) is 6.54 Å². The molecule has 21 heavy (non-hydrogen) atoms. The van der Waals surface area contributed by atoms with Gasteiger partial charge in [0.2, 0.25) is 0 Å². The van der Waals surface area contributed by atoms with Crippen molar-refractivity contribution in [1.29, 1.82) is 0 Å². The van der Waals surface area contributed by atoms with E-state index < -0.39 is 0 Å². The fraction of sp³-hybridized carbons (Fsp3) is 0.471. The Morgan fingerprint density at radius 1 is 1.19 bits per heavy atom. The van der Waals surface area contributed by atoms with Gasteiger partial charge in [0.05, 0.1) is 11.6 Å². The largest absolute Gasteiger partial charge is 0.393 e. The van der Waals surface area contributed by atoms with Gasteiger partial charge in [0.15, 0.2) is 0 Å². The summed E-state index contributed by atoms with van der Waals surface area (Å²) in [4.78, 5) is 4.46. The summed E-state index contributed by atoms with van der Waals surface area (Å²) in [5.41, 5.74) is 2.17. The fourth-order valence-corrected chi connectivity index (χ4v) is 3.31. The van der Waals surface area contributed by atoms with Gasteiger partial charge in [-0.1, -0.05) is 17.7 Å². The summed E-state index contributed by atoms with van der Waals surface area (Å²) in [5.74, 6) is 0.680. The Hall–Kier alpha value is -1.16. The van der Waals surface area contributed by atoms with Gasteiger partial charge in [0, 0.05) is 23.2 Å². The van der Waals surface area contributed by atoms with Crippen LogP contribution in [0.25, 0.3) is 10.9 Å². The van der Waals surface area contributed by atoms with Gasteiger partial charge in [0.1, 0.15) is 0 Å². The predicted molar refractivity (Wildman–Crippen MR) is 86.4 cm³/mol. The molecule has 1 saturated carbocycles. The third kappa shape index (κ3) is 3.54. The van der Waals surface area contributed by atoms with Gasteiger partial charge in [-0.2, -0.15) is 0 Å². The van der Waals surface area contributed by atoms with Gasteiger partial charge in [-0.3, -0.25) is 4.98 Å². The highest BCUT2D eigenvalue weighted by Gasteiger charge is 2.18. The van der Waals surface area contributed by atoms with E-state index in [1.165, 1.54) is 5.56 Å². The molecule has 0 bridgehead atoms. The Labute approximate surface area is 130 Å². The molecule has 112 valence electrons. The van der Waals surface area contributed by atoms with Crippen molar-refractivity contribution in [2.24, 2.45) is 5.92 Å². The monoisotopic (exact) mass is 304 g/mol. The van der Waals surface area contributed by atoms with E-state index in [1.54, 1.807) is 0 Å². The van der Waals surface area contributed by atoms with E-state index in [4.69, 9.17) is 11.6 Å². The van der Waals surface area contributed by atoms with Crippen molar-refractivity contribution < 1.29 is 5.11 Å². The second-order valence-corrected chi connectivity index (χ2v) is 6.32. The molecule has 0 unspecified atom stereocenters. The van der Waals surface area contributed by atoms with Crippen molar-refractivity contribution in [3.05, 3.63) is 41.0 Å². The number of benzene rings is 1. The average Bonchev–Trinajstić information content (AvgIpc) is 2.52. The van der Waals surface area contributed by atoms with Crippen molar-refractivity contribution in [3.63, 3.8) is 0 Å². The Balaban J connectivity index is 1.62. The first-order chi connectivity index (χ1) is 10.2. The molecule has 0 aliphatic heterocycles. The van der Waals surface area contributed by atoms with E-state index in [1.807, 2.05) is 24.4 Å². The number of aromatic nitrogens is 1. The lowest BCUT2D eigenvalue weighted by atomic mass is 9.87. The standard InChI is InChI=1S/C17H21ClN2O/c18-16-8-5-13(17-15(16)2-1-9-20-17)11-19-10-12-3-6-14(21)7-4-12/h1-2,5,8-9,12,14,19,21H,3-4,6-7,10-11H2. The maximum absolute atomic E-state index is 9.53. The van der Waals surface area contributed by atoms with Crippen molar-refractivity contribution in [3.8, 4) is 0 Å². The average molecular weight is 305 g/mol. The number of hydrogen-bond acceptors (Lipinski definition) is 3. The van der Waals surface area contributed by atoms with E-state index in [-0.39, 0.29) is 6.10 Å². The maximum Gasteiger partial charge on any atom is 0.0761 e. The number of aliphatic hydroxyl groups is 1. The molecular formula is C17H21ClN2O. The van der Waals surface area contributed by atoms with E-state index in [0.29, 0.717) is 5.92 Å². The van der Waals surface area contributed by atoms with Crippen molar-refractivity contribution in [2.45, 2.75) is 38.3 Å². The molecule has 0 radical (unpaired) electrons. The van der Waals surface area contributed by atoms with Gasteiger partial charge in [-0.15, -0.1) is 0 Å². The molecule has 1 heterocycles. The smallest absolute Gasteiger partial charge is 0.0761 e. The van der Waals surface area contributed by atoms with Crippen LogP contribution in [0.1, 0.15) is 31.2 Å². The summed E-state index contributed by atoms with van der Waals surface area (Å²) in [6.45, 7) is 1.81. The number of nitrogens with one attached hydrogen (secondary N) is 1. The number of nitrogens with zero attached hydrogens (tertiary/aromatic N) is 1. The van der Waals surface area contributed by atoms with Crippen LogP contribution in [0.5, 0.6) is 0 Å². The highest BCUT2D eigenvalue weighted by Crippen LogP contribution is 2.26. The number of rotatable bonds is 4. The lowest BCUT2D eigenvalue weighted by Crippen LogP contribution is -2.27. The Morgan fingerprint density at radius 2 is 2.00 bits per heavy atom. The van der Waals surface area contributed by atoms with Crippen LogP contribution in [-0.4, -0.2) is 22.7 Å². The van der Waals surface area contributed by atoms with Crippen molar-refractivity contribution in [1.82, 2.24) is 10.3 Å². The third-order valence-corrected chi connectivity index (χ3v) is 4.69. The molecule has 1 aliphatic rings. The minimum absolute atomic E-state index is 0.0781. The van der Waals surface area contributed by atoms with E-state index in [0.717, 1.165) is 54.7 Å². The highest BCUT2D eigenvalue weighted by molar-refractivity contribution is 6.35. The van der Waals surface area contributed by atoms with Crippen LogP contribution in [0, 0.1) is 5.92 Å². The first-order valence-electron chi connectivity index (χ1n) is 7.65. The van der Waals surface area contributed by atoms with Crippen LogP contribution in [0.3, 0.4) is 0 Å². The van der Waals surface area contributed by atoms with E-state index in [2.05, 4.69) is 16.4 Å². The second kappa shape index (κ2) is 6.73. The Bertz CT molecular complexity index is 609. The fourth-order valence-electron chi connectivity index (χ4n) is 3.10. The van der Waals surface area contributed by atoms with Crippen LogP contribution in [0.2, 0.25) is 5.02 Å². The zero-order valence-corrected chi connectivity index (χ0v) is 12.8. The van der Waals surface area contributed by atoms with Crippen LogP contribution in [0.4, 0.5) is 0 Å². The first kappa shape index (κ1) is 14.8. The summed E-state index contributed by atoms with van der Waals surface area (Å²) in [5, 5.41) is 14.8. The SMILES string of the molecule is OC1CCC(CNCc2ccc(Cl)c3cccnc23)CC1. The molecule has 0 amide bonds. The minimum atomic E-state index is -0.0781. The number of aliphatic hydroxyl groups excluding tert-OH is 1. The molecular weight excluding hydrogens is 284 g/mol. The van der Waals surface area contributed by atoms with Crippen LogP contribution in [0.15, 0.2) is 30.5 Å².